The van der Waals surface area contributed by atoms with Crippen LogP contribution in [0.5, 0.6) is 5.75 Å². The number of hydrogen-bond donors (Lipinski definition) is 0. The number of carbonyl (C=O) groups is 1. The van der Waals surface area contributed by atoms with E-state index in [1.54, 1.807) is 0 Å². The van der Waals surface area contributed by atoms with Crippen LogP contribution in [0.15, 0.2) is 60.7 Å². The number of hydrogen-bond acceptors (Lipinski definition) is 4. The Morgan fingerprint density at radius 3 is 2.59 bits per heavy atom. The molecule has 1 fully saturated rings. The van der Waals surface area contributed by atoms with Gasteiger partial charge in [0.1, 0.15) is 11.9 Å². The van der Waals surface area contributed by atoms with E-state index in [0.717, 1.165) is 89.5 Å². The zero-order valence-electron chi connectivity index (χ0n) is 22.6. The fraction of sp³-hybridized carbons (Fsp3) is 0.364. The Morgan fingerprint density at radius 2 is 1.85 bits per heavy atom. The van der Waals surface area contributed by atoms with Crippen molar-refractivity contribution in [2.75, 3.05) is 33.4 Å². The Bertz CT molecular complexity index is 1370. The van der Waals surface area contributed by atoms with Crippen LogP contribution >= 0.6 is 11.6 Å². The lowest BCUT2D eigenvalue weighted by atomic mass is 9.87. The number of aryl methyl sites for hydroxylation is 2. The van der Waals surface area contributed by atoms with Gasteiger partial charge in [0.15, 0.2) is 0 Å². The third-order valence-corrected chi connectivity index (χ3v) is 8.02. The van der Waals surface area contributed by atoms with Gasteiger partial charge in [-0.3, -0.25) is 9.29 Å². The number of methoxy groups -OCH3 is 1. The molecule has 1 aliphatic carbocycles. The minimum Gasteiger partial charge on any atom is -0.489 e. The number of esters is 1. The van der Waals surface area contributed by atoms with Crippen LogP contribution in [0.2, 0.25) is 5.02 Å². The number of alkyl halides is 1. The topological polar surface area (TPSA) is 38.8 Å². The summed E-state index contributed by atoms with van der Waals surface area (Å²) in [7, 11) is 1.41. The predicted molar refractivity (Wildman–Crippen MR) is 155 cm³/mol. The van der Waals surface area contributed by atoms with Gasteiger partial charge in [-0.15, -0.1) is 0 Å². The lowest BCUT2D eigenvalue weighted by Crippen LogP contribution is -2.26. The second kappa shape index (κ2) is 12.4. The van der Waals surface area contributed by atoms with E-state index in [0.29, 0.717) is 12.0 Å². The van der Waals surface area contributed by atoms with Gasteiger partial charge in [-0.2, -0.15) is 0 Å². The summed E-state index contributed by atoms with van der Waals surface area (Å²) >= 11 is 6.81. The first-order valence-electron chi connectivity index (χ1n) is 13.7. The molecule has 1 atom stereocenters. The van der Waals surface area contributed by atoms with Crippen LogP contribution in [-0.4, -0.2) is 50.4 Å². The van der Waals surface area contributed by atoms with Gasteiger partial charge in [0, 0.05) is 24.7 Å². The Morgan fingerprint density at radius 1 is 1.05 bits per heavy atom. The quantitative estimate of drug-likeness (QED) is 0.273. The molecular weight excluding hydrogens is 513 g/mol. The number of allylic oxidation sites excluding steroid dienone is 1. The number of halogens is 2. The molecule has 3 aromatic rings. The molecule has 2 aliphatic rings. The van der Waals surface area contributed by atoms with Gasteiger partial charge in [-0.1, -0.05) is 41.9 Å². The van der Waals surface area contributed by atoms with Crippen LogP contribution in [0.25, 0.3) is 11.1 Å². The SMILES string of the molecule is COC(=O)c1ccc2c(c1)CCCC(c1ccc(C)cc1Cl)=C2c1ccc(OC2CCN(CCCF)C2)cc1. The monoisotopic (exact) mass is 547 g/mol. The summed E-state index contributed by atoms with van der Waals surface area (Å²) in [4.78, 5) is 14.5. The smallest absolute Gasteiger partial charge is 0.337 e. The van der Waals surface area contributed by atoms with E-state index < -0.39 is 0 Å². The van der Waals surface area contributed by atoms with Crippen LogP contribution in [-0.2, 0) is 11.2 Å². The summed E-state index contributed by atoms with van der Waals surface area (Å²) in [6.07, 6.45) is 4.32. The molecule has 0 amide bonds. The van der Waals surface area contributed by atoms with E-state index in [-0.39, 0.29) is 18.7 Å². The first-order valence-corrected chi connectivity index (χ1v) is 14.1. The van der Waals surface area contributed by atoms with Gasteiger partial charge < -0.3 is 9.47 Å². The second-order valence-electron chi connectivity index (χ2n) is 10.4. The predicted octanol–water partition coefficient (Wildman–Crippen LogP) is 7.54. The van der Waals surface area contributed by atoms with Crippen molar-refractivity contribution in [2.24, 2.45) is 0 Å². The molecule has 3 aromatic carbocycles. The summed E-state index contributed by atoms with van der Waals surface area (Å²) < 4.78 is 23.8. The van der Waals surface area contributed by atoms with Gasteiger partial charge in [-0.05, 0) is 108 Å². The van der Waals surface area contributed by atoms with Crippen LogP contribution < -0.4 is 4.74 Å². The lowest BCUT2D eigenvalue weighted by Gasteiger charge is -2.19. The van der Waals surface area contributed by atoms with Gasteiger partial charge in [0.25, 0.3) is 0 Å². The fourth-order valence-electron chi connectivity index (χ4n) is 5.77. The molecule has 39 heavy (non-hydrogen) atoms. The van der Waals surface area contributed by atoms with Crippen LogP contribution in [0.3, 0.4) is 0 Å². The summed E-state index contributed by atoms with van der Waals surface area (Å²) in [5, 5.41) is 0.746. The second-order valence-corrected chi connectivity index (χ2v) is 10.9. The molecule has 6 heteroatoms. The van der Waals surface area contributed by atoms with Crippen molar-refractivity contribution in [3.05, 3.63) is 99.1 Å². The van der Waals surface area contributed by atoms with E-state index in [2.05, 4.69) is 29.2 Å². The Balaban J connectivity index is 1.51. The lowest BCUT2D eigenvalue weighted by molar-refractivity contribution is 0.0600. The number of benzene rings is 3. The van der Waals surface area contributed by atoms with Crippen molar-refractivity contribution in [2.45, 2.75) is 45.1 Å². The zero-order valence-corrected chi connectivity index (χ0v) is 23.4. The number of likely N-dealkylation sites (tertiary alicyclic amines) is 1. The minimum absolute atomic E-state index is 0.118. The molecule has 5 rings (SSSR count). The zero-order chi connectivity index (χ0) is 27.4. The third kappa shape index (κ3) is 6.21. The highest BCUT2D eigenvalue weighted by molar-refractivity contribution is 6.32. The average Bonchev–Trinajstić information content (AvgIpc) is 3.30. The molecule has 1 unspecified atom stereocenters. The standard InChI is InChI=1S/C33H35ClFNO3/c1-22-7-13-29(31(34)19-22)30-6-3-5-24-20-25(33(37)38-2)10-14-28(24)32(30)23-8-11-26(12-9-23)39-27-15-18-36(21-27)17-4-16-35/h7-14,19-20,27H,3-6,15-18,21H2,1-2H3. The maximum Gasteiger partial charge on any atom is 0.337 e. The van der Waals surface area contributed by atoms with Crippen molar-refractivity contribution in [3.8, 4) is 5.75 Å². The van der Waals surface area contributed by atoms with Crippen LogP contribution in [0.1, 0.15) is 63.9 Å². The highest BCUT2D eigenvalue weighted by Gasteiger charge is 2.25. The Hall–Kier alpha value is -3.15. The molecule has 1 heterocycles. The Kier molecular flexibility index (Phi) is 8.69. The molecular formula is C33H35ClFNO3. The Labute approximate surface area is 235 Å². The molecule has 0 saturated carbocycles. The maximum absolute atomic E-state index is 12.6. The summed E-state index contributed by atoms with van der Waals surface area (Å²) in [5.74, 6) is 0.507. The molecule has 204 valence electrons. The van der Waals surface area contributed by atoms with Crippen molar-refractivity contribution < 1.29 is 18.7 Å². The molecule has 0 radical (unpaired) electrons. The fourth-order valence-corrected chi connectivity index (χ4v) is 6.12. The number of rotatable bonds is 8. The molecule has 0 aromatic heterocycles. The van der Waals surface area contributed by atoms with Crippen molar-refractivity contribution >= 4 is 28.7 Å². The molecule has 4 nitrogen and oxygen atoms in total. The van der Waals surface area contributed by atoms with Crippen molar-refractivity contribution in [3.63, 3.8) is 0 Å². The first-order chi connectivity index (χ1) is 19.0. The minimum atomic E-state index is -0.328. The van der Waals surface area contributed by atoms with E-state index in [9.17, 15) is 9.18 Å². The molecule has 1 saturated heterocycles. The van der Waals surface area contributed by atoms with Crippen molar-refractivity contribution in [1.82, 2.24) is 4.90 Å². The van der Waals surface area contributed by atoms with E-state index >= 15 is 0 Å². The van der Waals surface area contributed by atoms with Gasteiger partial charge in [-0.25, -0.2) is 4.79 Å². The molecule has 1 aliphatic heterocycles. The van der Waals surface area contributed by atoms with Gasteiger partial charge >= 0.3 is 5.97 Å². The molecule has 0 bridgehead atoms. The largest absolute Gasteiger partial charge is 0.489 e. The number of fused-ring (bicyclic) bond motifs is 1. The van der Waals surface area contributed by atoms with Crippen molar-refractivity contribution in [1.29, 1.82) is 0 Å². The van der Waals surface area contributed by atoms with Crippen LogP contribution in [0, 0.1) is 6.92 Å². The van der Waals surface area contributed by atoms with Crippen LogP contribution in [0.4, 0.5) is 4.39 Å². The average molecular weight is 548 g/mol. The number of ether oxygens (including phenoxy) is 2. The third-order valence-electron chi connectivity index (χ3n) is 7.70. The highest BCUT2D eigenvalue weighted by atomic mass is 35.5. The van der Waals surface area contributed by atoms with Gasteiger partial charge in [0.05, 0.1) is 19.3 Å². The number of carbonyl (C=O) groups excluding carboxylic acids is 1. The summed E-state index contributed by atoms with van der Waals surface area (Å²) in [6, 6.07) is 20.4. The van der Waals surface area contributed by atoms with E-state index in [1.165, 1.54) is 12.7 Å². The first kappa shape index (κ1) is 27.4. The molecule has 0 spiro atoms. The number of nitrogens with zero attached hydrogens (tertiary/aromatic N) is 1. The van der Waals surface area contributed by atoms with E-state index in [4.69, 9.17) is 21.1 Å². The summed E-state index contributed by atoms with van der Waals surface area (Å²) in [6.45, 7) is 4.33. The normalized spacial score (nSPS) is 17.6. The van der Waals surface area contributed by atoms with Gasteiger partial charge in [0.2, 0.25) is 0 Å². The van der Waals surface area contributed by atoms with E-state index in [1.807, 2.05) is 43.3 Å². The highest BCUT2D eigenvalue weighted by Crippen LogP contribution is 2.42. The maximum atomic E-state index is 12.6. The molecule has 0 N–H and O–H groups in total. The summed E-state index contributed by atoms with van der Waals surface area (Å²) in [5.41, 5.74) is 8.39.